The van der Waals surface area contributed by atoms with Crippen molar-refractivity contribution in [3.63, 3.8) is 0 Å². The molecule has 1 aliphatic heterocycles. The van der Waals surface area contributed by atoms with Crippen LogP contribution >= 0.6 is 11.6 Å². The lowest BCUT2D eigenvalue weighted by Crippen LogP contribution is -2.51. The molecule has 7 nitrogen and oxygen atoms in total. The number of likely N-dealkylation sites (tertiary alicyclic amines) is 1. The van der Waals surface area contributed by atoms with E-state index in [2.05, 4.69) is 11.5 Å². The Hall–Kier alpha value is -2.39. The molecule has 1 aliphatic rings. The van der Waals surface area contributed by atoms with Crippen molar-refractivity contribution in [1.29, 1.82) is 0 Å². The van der Waals surface area contributed by atoms with Crippen LogP contribution in [0.5, 0.6) is 11.5 Å². The van der Waals surface area contributed by atoms with Gasteiger partial charge in [-0.2, -0.15) is 0 Å². The second kappa shape index (κ2) is 10.0. The van der Waals surface area contributed by atoms with Crippen LogP contribution in [0.4, 0.5) is 0 Å². The Kier molecular flexibility index (Phi) is 7.61. The van der Waals surface area contributed by atoms with Gasteiger partial charge >= 0.3 is 0 Å². The predicted molar refractivity (Wildman–Crippen MR) is 123 cm³/mol. The van der Waals surface area contributed by atoms with E-state index in [0.29, 0.717) is 36.2 Å². The van der Waals surface area contributed by atoms with E-state index in [4.69, 9.17) is 21.5 Å². The summed E-state index contributed by atoms with van der Waals surface area (Å²) in [5, 5.41) is 9.66. The van der Waals surface area contributed by atoms with E-state index in [-0.39, 0.29) is 24.2 Å². The molecule has 2 N–H and O–H groups in total. The fourth-order valence-electron chi connectivity index (χ4n) is 3.95. The van der Waals surface area contributed by atoms with E-state index in [0.717, 1.165) is 5.56 Å². The molecule has 1 amide bonds. The van der Waals surface area contributed by atoms with Crippen LogP contribution in [0.3, 0.4) is 0 Å². The van der Waals surface area contributed by atoms with Crippen molar-refractivity contribution < 1.29 is 23.2 Å². The third-order valence-corrected chi connectivity index (χ3v) is 8.84. The van der Waals surface area contributed by atoms with E-state index in [1.54, 1.807) is 41.9 Å². The van der Waals surface area contributed by atoms with Gasteiger partial charge in [-0.25, -0.2) is 13.9 Å². The molecule has 0 bridgehead atoms. The number of aryl methyl sites for hydroxylation is 1. The molecule has 3 rings (SSSR count). The lowest BCUT2D eigenvalue weighted by atomic mass is 9.92. The van der Waals surface area contributed by atoms with Gasteiger partial charge in [0.15, 0.2) is 9.84 Å². The second-order valence-electron chi connectivity index (χ2n) is 7.97. The molecule has 32 heavy (non-hydrogen) atoms. The minimum Gasteiger partial charge on any atom is -0.457 e. The lowest BCUT2D eigenvalue weighted by Gasteiger charge is -2.40. The zero-order chi connectivity index (χ0) is 23.4. The average molecular weight is 479 g/mol. The van der Waals surface area contributed by atoms with Gasteiger partial charge in [-0.3, -0.25) is 14.9 Å². The standard InChI is InChI=1S/C23H27ClN2O5S/c1-3-12-26-13-10-23(11-14-26,16-22(27)25-28)32(29,30)20-7-4-18(5-8-20)31-19-6-9-21(24)17(2)15-19/h3-9,15,28H,1,10-14,16H2,2H3,(H,25,27). The molecule has 0 aliphatic carbocycles. The molecule has 1 heterocycles. The molecule has 2 aromatic carbocycles. The van der Waals surface area contributed by atoms with Crippen LogP contribution in [-0.2, 0) is 14.6 Å². The van der Waals surface area contributed by atoms with Crippen LogP contribution in [0.25, 0.3) is 0 Å². The SMILES string of the molecule is C=CCN1CCC(CC(=O)NO)(S(=O)(=O)c2ccc(Oc3ccc(Cl)c(C)c3)cc2)CC1. The number of benzene rings is 2. The molecule has 1 saturated heterocycles. The summed E-state index contributed by atoms with van der Waals surface area (Å²) in [5.74, 6) is 0.352. The van der Waals surface area contributed by atoms with Crippen molar-refractivity contribution in [3.8, 4) is 11.5 Å². The van der Waals surface area contributed by atoms with Crippen molar-refractivity contribution in [1.82, 2.24) is 10.4 Å². The zero-order valence-electron chi connectivity index (χ0n) is 17.9. The highest BCUT2D eigenvalue weighted by atomic mass is 35.5. The first-order valence-corrected chi connectivity index (χ1v) is 12.1. The van der Waals surface area contributed by atoms with Gasteiger partial charge in [-0.15, -0.1) is 6.58 Å². The van der Waals surface area contributed by atoms with E-state index >= 15 is 0 Å². The number of carbonyl (C=O) groups is 1. The minimum absolute atomic E-state index is 0.111. The Balaban J connectivity index is 1.85. The molecule has 1 fully saturated rings. The van der Waals surface area contributed by atoms with Crippen molar-refractivity contribution in [2.75, 3.05) is 19.6 Å². The number of sulfone groups is 1. The van der Waals surface area contributed by atoms with Gasteiger partial charge < -0.3 is 4.74 Å². The van der Waals surface area contributed by atoms with E-state index in [9.17, 15) is 13.2 Å². The van der Waals surface area contributed by atoms with E-state index in [1.807, 2.05) is 6.92 Å². The third kappa shape index (κ3) is 5.15. The van der Waals surface area contributed by atoms with Gasteiger partial charge in [0.05, 0.1) is 9.64 Å². The van der Waals surface area contributed by atoms with Crippen LogP contribution in [0, 0.1) is 6.92 Å². The third-order valence-electron chi connectivity index (χ3n) is 5.83. The van der Waals surface area contributed by atoms with Gasteiger partial charge in [-0.05, 0) is 80.9 Å². The number of rotatable bonds is 8. The fraction of sp³-hybridized carbons (Fsp3) is 0.348. The van der Waals surface area contributed by atoms with Gasteiger partial charge in [-0.1, -0.05) is 17.7 Å². The molecule has 9 heteroatoms. The molecule has 2 aromatic rings. The summed E-state index contributed by atoms with van der Waals surface area (Å²) in [5.41, 5.74) is 2.45. The lowest BCUT2D eigenvalue weighted by molar-refractivity contribution is -0.130. The van der Waals surface area contributed by atoms with Gasteiger partial charge in [0, 0.05) is 18.0 Å². The Bertz CT molecular complexity index is 1080. The second-order valence-corrected chi connectivity index (χ2v) is 10.7. The molecular formula is C23H27ClN2O5S. The normalized spacial score (nSPS) is 16.3. The summed E-state index contributed by atoms with van der Waals surface area (Å²) in [7, 11) is -3.87. The van der Waals surface area contributed by atoms with Gasteiger partial charge in [0.25, 0.3) is 0 Å². The molecule has 0 unspecified atom stereocenters. The molecule has 0 aromatic heterocycles. The highest BCUT2D eigenvalue weighted by molar-refractivity contribution is 7.92. The largest absolute Gasteiger partial charge is 0.457 e. The van der Waals surface area contributed by atoms with E-state index in [1.165, 1.54) is 12.1 Å². The maximum Gasteiger partial charge on any atom is 0.244 e. The maximum atomic E-state index is 13.6. The molecule has 172 valence electrons. The summed E-state index contributed by atoms with van der Waals surface area (Å²) in [6.45, 7) is 7.27. The summed E-state index contributed by atoms with van der Waals surface area (Å²) < 4.78 is 31.8. The average Bonchev–Trinajstić information content (AvgIpc) is 2.78. The Morgan fingerprint density at radius 3 is 2.41 bits per heavy atom. The van der Waals surface area contributed by atoms with Crippen LogP contribution in [0.1, 0.15) is 24.8 Å². The molecule has 0 radical (unpaired) electrons. The number of amides is 1. The van der Waals surface area contributed by atoms with Crippen molar-refractivity contribution in [2.24, 2.45) is 0 Å². The number of nitrogens with zero attached hydrogens (tertiary/aromatic N) is 1. The maximum absolute atomic E-state index is 13.6. The van der Waals surface area contributed by atoms with Crippen molar-refractivity contribution in [3.05, 3.63) is 65.7 Å². The summed E-state index contributed by atoms with van der Waals surface area (Å²) in [4.78, 5) is 14.2. The van der Waals surface area contributed by atoms with Gasteiger partial charge in [0.1, 0.15) is 11.5 Å². The predicted octanol–water partition coefficient (Wildman–Crippen LogP) is 4.13. The van der Waals surface area contributed by atoms with Crippen LogP contribution in [0.2, 0.25) is 5.02 Å². The Morgan fingerprint density at radius 1 is 1.22 bits per heavy atom. The number of ether oxygens (including phenoxy) is 1. The van der Waals surface area contributed by atoms with Crippen LogP contribution in [0.15, 0.2) is 60.0 Å². The van der Waals surface area contributed by atoms with Crippen molar-refractivity contribution >= 4 is 27.3 Å². The summed E-state index contributed by atoms with van der Waals surface area (Å²) >= 11 is 6.04. The number of hydrogen-bond donors (Lipinski definition) is 2. The number of hydroxylamine groups is 1. The highest BCUT2D eigenvalue weighted by Crippen LogP contribution is 2.39. The van der Waals surface area contributed by atoms with E-state index < -0.39 is 20.5 Å². The minimum atomic E-state index is -3.87. The zero-order valence-corrected chi connectivity index (χ0v) is 19.5. The van der Waals surface area contributed by atoms with Crippen LogP contribution < -0.4 is 10.2 Å². The fourth-order valence-corrected chi connectivity index (χ4v) is 6.11. The molecular weight excluding hydrogens is 452 g/mol. The smallest absolute Gasteiger partial charge is 0.244 e. The summed E-state index contributed by atoms with van der Waals surface area (Å²) in [6, 6.07) is 11.4. The Morgan fingerprint density at radius 2 is 1.84 bits per heavy atom. The topological polar surface area (TPSA) is 95.9 Å². The molecule has 0 atom stereocenters. The number of piperidine rings is 1. The molecule has 0 spiro atoms. The molecule has 0 saturated carbocycles. The number of hydrogen-bond acceptors (Lipinski definition) is 6. The Labute approximate surface area is 193 Å². The first-order chi connectivity index (χ1) is 15.2. The first kappa shape index (κ1) is 24.3. The quantitative estimate of drug-likeness (QED) is 0.336. The first-order valence-electron chi connectivity index (χ1n) is 10.3. The number of halogens is 1. The summed E-state index contributed by atoms with van der Waals surface area (Å²) in [6.07, 6.45) is 2.01. The number of carbonyl (C=O) groups excluding carboxylic acids is 1. The van der Waals surface area contributed by atoms with Crippen LogP contribution in [-0.4, -0.2) is 48.8 Å². The highest BCUT2D eigenvalue weighted by Gasteiger charge is 2.48. The van der Waals surface area contributed by atoms with Gasteiger partial charge in [0.2, 0.25) is 5.91 Å². The monoisotopic (exact) mass is 478 g/mol. The van der Waals surface area contributed by atoms with Crippen molar-refractivity contribution in [2.45, 2.75) is 35.8 Å². The number of nitrogens with one attached hydrogen (secondary N) is 1.